The zero-order valence-electron chi connectivity index (χ0n) is 14.5. The summed E-state index contributed by atoms with van der Waals surface area (Å²) in [6, 6.07) is 21.6. The summed E-state index contributed by atoms with van der Waals surface area (Å²) in [5.74, 6) is 0.0603. The van der Waals surface area contributed by atoms with Crippen molar-refractivity contribution in [3.63, 3.8) is 0 Å². The van der Waals surface area contributed by atoms with Crippen LogP contribution in [0.5, 0.6) is 0 Å². The van der Waals surface area contributed by atoms with Crippen molar-refractivity contribution in [3.8, 4) is 0 Å². The van der Waals surface area contributed by atoms with Crippen molar-refractivity contribution in [1.82, 2.24) is 4.98 Å². The van der Waals surface area contributed by atoms with Crippen molar-refractivity contribution in [2.24, 2.45) is 0 Å². The average molecular weight is 409 g/mol. The topological polar surface area (TPSA) is 55.1 Å². The first kappa shape index (κ1) is 18.3. The summed E-state index contributed by atoms with van der Waals surface area (Å²) in [5, 5.41) is 3.60. The summed E-state index contributed by atoms with van der Waals surface area (Å²) < 4.78 is 5.67. The fourth-order valence-corrected chi connectivity index (χ4v) is 3.16. The second-order valence-electron chi connectivity index (χ2n) is 6.04. The van der Waals surface area contributed by atoms with E-state index in [0.717, 1.165) is 11.1 Å². The normalized spacial score (nSPS) is 11.6. The van der Waals surface area contributed by atoms with Crippen LogP contribution in [0.4, 0.5) is 5.69 Å². The highest BCUT2D eigenvalue weighted by atomic mass is 35.5. The van der Waals surface area contributed by atoms with Crippen LogP contribution < -0.4 is 5.32 Å². The van der Waals surface area contributed by atoms with E-state index in [4.69, 9.17) is 27.6 Å². The van der Waals surface area contributed by atoms with Gasteiger partial charge in [0, 0.05) is 5.69 Å². The van der Waals surface area contributed by atoms with Gasteiger partial charge in [-0.2, -0.15) is 0 Å². The van der Waals surface area contributed by atoms with E-state index in [-0.39, 0.29) is 5.91 Å². The van der Waals surface area contributed by atoms with E-state index in [1.54, 1.807) is 42.5 Å². The minimum atomic E-state index is -0.281. The number of hydrogen-bond acceptors (Lipinski definition) is 3. The zero-order valence-corrected chi connectivity index (χ0v) is 16.0. The first-order chi connectivity index (χ1) is 13.6. The highest BCUT2D eigenvalue weighted by Crippen LogP contribution is 2.26. The van der Waals surface area contributed by atoms with Crippen LogP contribution in [-0.2, 0) is 0 Å². The smallest absolute Gasteiger partial charge is 0.257 e. The Hall–Kier alpha value is -3.08. The molecule has 0 aliphatic heterocycles. The number of para-hydroxylation sites is 2. The first-order valence-corrected chi connectivity index (χ1v) is 9.25. The summed E-state index contributed by atoms with van der Waals surface area (Å²) in [5.41, 5.74) is 3.24. The molecule has 4 aromatic rings. The monoisotopic (exact) mass is 408 g/mol. The Kier molecular flexibility index (Phi) is 5.15. The number of anilines is 1. The fraction of sp³-hybridized carbons (Fsp3) is 0. The van der Waals surface area contributed by atoms with Crippen LogP contribution in [0.2, 0.25) is 5.02 Å². The third kappa shape index (κ3) is 3.93. The van der Waals surface area contributed by atoms with Crippen molar-refractivity contribution >= 4 is 57.0 Å². The number of amides is 1. The highest BCUT2D eigenvalue weighted by Gasteiger charge is 2.11. The van der Waals surface area contributed by atoms with E-state index in [1.165, 1.54) is 0 Å². The van der Waals surface area contributed by atoms with Crippen molar-refractivity contribution in [2.45, 2.75) is 0 Å². The molecule has 6 heteroatoms. The minimum Gasteiger partial charge on any atom is -0.435 e. The number of benzene rings is 3. The molecular formula is C22H14Cl2N2O2. The van der Waals surface area contributed by atoms with Crippen LogP contribution in [-0.4, -0.2) is 10.9 Å². The summed E-state index contributed by atoms with van der Waals surface area (Å²) in [6.45, 7) is 0. The number of oxazole rings is 1. The molecule has 4 rings (SSSR count). The second-order valence-corrected chi connectivity index (χ2v) is 6.85. The molecule has 0 radical (unpaired) electrons. The van der Waals surface area contributed by atoms with Gasteiger partial charge in [-0.05, 0) is 48.0 Å². The van der Waals surface area contributed by atoms with Gasteiger partial charge in [-0.25, -0.2) is 4.98 Å². The van der Waals surface area contributed by atoms with Crippen LogP contribution in [0.25, 0.3) is 22.2 Å². The van der Waals surface area contributed by atoms with Crippen LogP contribution in [0.3, 0.4) is 0 Å². The predicted octanol–water partition coefficient (Wildman–Crippen LogP) is 6.47. The molecule has 0 unspecified atom stereocenters. The Morgan fingerprint density at radius 1 is 1.00 bits per heavy atom. The molecule has 0 fully saturated rings. The lowest BCUT2D eigenvalue weighted by Crippen LogP contribution is -2.12. The number of nitrogens with zero attached hydrogens (tertiary/aromatic N) is 1. The minimum absolute atomic E-state index is 0.281. The van der Waals surface area contributed by atoms with Crippen molar-refractivity contribution in [2.75, 3.05) is 5.32 Å². The van der Waals surface area contributed by atoms with Crippen molar-refractivity contribution in [3.05, 3.63) is 94.8 Å². The Labute approximate surface area is 171 Å². The quantitative estimate of drug-likeness (QED) is 0.420. The summed E-state index contributed by atoms with van der Waals surface area (Å²) in [6.07, 6.45) is 1.73. The van der Waals surface area contributed by atoms with Crippen LogP contribution in [0.1, 0.15) is 21.8 Å². The third-order valence-electron chi connectivity index (χ3n) is 4.05. The fourth-order valence-electron chi connectivity index (χ4n) is 2.73. The molecule has 0 spiro atoms. The largest absolute Gasteiger partial charge is 0.435 e. The molecule has 0 aliphatic carbocycles. The van der Waals surface area contributed by atoms with Gasteiger partial charge >= 0.3 is 0 Å². The number of fused-ring (bicyclic) bond motifs is 1. The molecule has 1 amide bonds. The second kappa shape index (κ2) is 7.89. The highest BCUT2D eigenvalue weighted by molar-refractivity contribution is 6.50. The molecule has 0 saturated heterocycles. The summed E-state index contributed by atoms with van der Waals surface area (Å²) >= 11 is 12.5. The van der Waals surface area contributed by atoms with Crippen LogP contribution in [0.15, 0.2) is 77.2 Å². The van der Waals surface area contributed by atoms with Gasteiger partial charge in [0.2, 0.25) is 5.89 Å². The number of carbonyl (C=O) groups is 1. The molecule has 28 heavy (non-hydrogen) atoms. The van der Waals surface area contributed by atoms with Gasteiger partial charge in [0.25, 0.3) is 5.91 Å². The lowest BCUT2D eigenvalue weighted by Gasteiger charge is -2.07. The predicted molar refractivity (Wildman–Crippen MR) is 114 cm³/mol. The summed E-state index contributed by atoms with van der Waals surface area (Å²) in [4.78, 5) is 16.8. The molecule has 4 nitrogen and oxygen atoms in total. The molecular weight excluding hydrogens is 395 g/mol. The Morgan fingerprint density at radius 3 is 2.61 bits per heavy atom. The Bertz CT molecular complexity index is 1160. The van der Waals surface area contributed by atoms with E-state index < -0.39 is 0 Å². The number of hydrogen-bond donors (Lipinski definition) is 1. The SMILES string of the molecule is O=C(Nc1cccc(/C=C(\Cl)c2nc3ccccc3o2)c1)c1ccccc1Cl. The standard InChI is InChI=1S/C22H14Cl2N2O2/c23-17-9-2-1-8-16(17)21(27)25-15-7-5-6-14(12-15)13-18(24)22-26-19-10-3-4-11-20(19)28-22/h1-13H,(H,25,27)/b18-13-. The van der Waals surface area contributed by atoms with Gasteiger partial charge in [0.1, 0.15) is 10.5 Å². The van der Waals surface area contributed by atoms with Gasteiger partial charge in [0.05, 0.1) is 10.6 Å². The molecule has 1 N–H and O–H groups in total. The van der Waals surface area contributed by atoms with Crippen LogP contribution in [0, 0.1) is 0 Å². The van der Waals surface area contributed by atoms with Crippen molar-refractivity contribution in [1.29, 1.82) is 0 Å². The van der Waals surface area contributed by atoms with Gasteiger partial charge < -0.3 is 9.73 Å². The van der Waals surface area contributed by atoms with E-state index >= 15 is 0 Å². The lowest BCUT2D eigenvalue weighted by molar-refractivity contribution is 0.102. The van der Waals surface area contributed by atoms with Crippen molar-refractivity contribution < 1.29 is 9.21 Å². The number of carbonyl (C=O) groups excluding carboxylic acids is 1. The third-order valence-corrected chi connectivity index (χ3v) is 4.65. The first-order valence-electron chi connectivity index (χ1n) is 8.49. The molecule has 0 saturated carbocycles. The molecule has 0 bridgehead atoms. The number of halogens is 2. The number of nitrogens with one attached hydrogen (secondary N) is 1. The molecule has 1 aromatic heterocycles. The summed E-state index contributed by atoms with van der Waals surface area (Å²) in [7, 11) is 0. The van der Waals surface area contributed by atoms with Gasteiger partial charge in [-0.15, -0.1) is 0 Å². The number of aromatic nitrogens is 1. The maximum Gasteiger partial charge on any atom is 0.257 e. The van der Waals surface area contributed by atoms with E-state index in [0.29, 0.717) is 32.8 Å². The van der Waals surface area contributed by atoms with E-state index in [2.05, 4.69) is 10.3 Å². The van der Waals surface area contributed by atoms with Gasteiger partial charge in [0.15, 0.2) is 5.58 Å². The van der Waals surface area contributed by atoms with Gasteiger partial charge in [-0.3, -0.25) is 4.79 Å². The zero-order chi connectivity index (χ0) is 19.5. The lowest BCUT2D eigenvalue weighted by atomic mass is 10.1. The Morgan fingerprint density at radius 2 is 1.79 bits per heavy atom. The molecule has 138 valence electrons. The van der Waals surface area contributed by atoms with E-state index in [1.807, 2.05) is 36.4 Å². The van der Waals surface area contributed by atoms with Gasteiger partial charge in [-0.1, -0.05) is 59.6 Å². The average Bonchev–Trinajstić information content (AvgIpc) is 3.13. The molecule has 0 atom stereocenters. The van der Waals surface area contributed by atoms with Crippen LogP contribution >= 0.6 is 23.2 Å². The maximum absolute atomic E-state index is 12.4. The van der Waals surface area contributed by atoms with E-state index in [9.17, 15) is 4.79 Å². The number of rotatable bonds is 4. The maximum atomic E-state index is 12.4. The Balaban J connectivity index is 1.57. The molecule has 3 aromatic carbocycles. The molecule has 0 aliphatic rings. The molecule has 1 heterocycles.